The second-order valence-electron chi connectivity index (χ2n) is 5.81. The van der Waals surface area contributed by atoms with Crippen LogP contribution in [0.4, 0.5) is 0 Å². The Hall–Kier alpha value is -1.61. The lowest BCUT2D eigenvalue weighted by Gasteiger charge is -2.20. The standard InChI is InChI=1S/C17H19ClN2O/c1-11(12-6-2-3-7-12)19-17(21)16-10-14(18)13-8-4-5-9-15(13)20-16/h4-5,8-12H,2-3,6-7H2,1H3,(H,19,21). The van der Waals surface area contributed by atoms with E-state index in [0.29, 0.717) is 16.6 Å². The minimum Gasteiger partial charge on any atom is -0.348 e. The molecule has 1 aliphatic carbocycles. The molecule has 110 valence electrons. The molecule has 1 aromatic carbocycles. The molecule has 0 spiro atoms. The van der Waals surface area contributed by atoms with E-state index in [2.05, 4.69) is 17.2 Å². The predicted molar refractivity (Wildman–Crippen MR) is 85.6 cm³/mol. The number of hydrogen-bond acceptors (Lipinski definition) is 2. The molecule has 1 aliphatic rings. The number of pyridine rings is 1. The molecule has 3 rings (SSSR count). The third-order valence-electron chi connectivity index (χ3n) is 4.36. The van der Waals surface area contributed by atoms with Gasteiger partial charge in [-0.1, -0.05) is 42.6 Å². The zero-order chi connectivity index (χ0) is 14.8. The highest BCUT2D eigenvalue weighted by molar-refractivity contribution is 6.35. The molecule has 21 heavy (non-hydrogen) atoms. The van der Waals surface area contributed by atoms with Gasteiger partial charge in [0.15, 0.2) is 0 Å². The largest absolute Gasteiger partial charge is 0.348 e. The number of amides is 1. The number of carbonyl (C=O) groups excluding carboxylic acids is 1. The maximum atomic E-state index is 12.4. The van der Waals surface area contributed by atoms with E-state index in [0.717, 1.165) is 10.9 Å². The van der Waals surface area contributed by atoms with Gasteiger partial charge in [0.1, 0.15) is 5.69 Å². The molecule has 3 nitrogen and oxygen atoms in total. The molecule has 0 bridgehead atoms. The first-order valence-corrected chi connectivity index (χ1v) is 7.89. The summed E-state index contributed by atoms with van der Waals surface area (Å²) in [7, 11) is 0. The van der Waals surface area contributed by atoms with Gasteiger partial charge in [0, 0.05) is 11.4 Å². The van der Waals surface area contributed by atoms with Crippen LogP contribution in [0.5, 0.6) is 0 Å². The highest BCUT2D eigenvalue weighted by Gasteiger charge is 2.23. The fourth-order valence-electron chi connectivity index (χ4n) is 3.11. The van der Waals surface area contributed by atoms with Crippen LogP contribution in [0.15, 0.2) is 30.3 Å². The topological polar surface area (TPSA) is 42.0 Å². The number of carbonyl (C=O) groups is 1. The molecule has 2 aromatic rings. The number of para-hydroxylation sites is 1. The lowest BCUT2D eigenvalue weighted by molar-refractivity contribution is 0.0922. The summed E-state index contributed by atoms with van der Waals surface area (Å²) >= 11 is 6.25. The number of halogens is 1. The predicted octanol–water partition coefficient (Wildman–Crippen LogP) is 4.20. The maximum Gasteiger partial charge on any atom is 0.270 e. The zero-order valence-electron chi connectivity index (χ0n) is 12.1. The molecule has 1 aromatic heterocycles. The van der Waals surface area contributed by atoms with Gasteiger partial charge in [-0.05, 0) is 37.8 Å². The SMILES string of the molecule is CC(NC(=O)c1cc(Cl)c2ccccc2n1)C1CCCC1. The van der Waals surface area contributed by atoms with Crippen LogP contribution in [0, 0.1) is 5.92 Å². The van der Waals surface area contributed by atoms with Crippen molar-refractivity contribution in [2.45, 2.75) is 38.6 Å². The van der Waals surface area contributed by atoms with E-state index in [1.54, 1.807) is 6.07 Å². The molecule has 1 saturated carbocycles. The van der Waals surface area contributed by atoms with Crippen LogP contribution in [0.2, 0.25) is 5.02 Å². The van der Waals surface area contributed by atoms with Crippen molar-refractivity contribution in [1.29, 1.82) is 0 Å². The molecule has 0 radical (unpaired) electrons. The monoisotopic (exact) mass is 302 g/mol. The van der Waals surface area contributed by atoms with Crippen LogP contribution in [-0.2, 0) is 0 Å². The van der Waals surface area contributed by atoms with Gasteiger partial charge in [-0.25, -0.2) is 4.98 Å². The van der Waals surface area contributed by atoms with Crippen LogP contribution in [0.1, 0.15) is 43.1 Å². The third-order valence-corrected chi connectivity index (χ3v) is 4.68. The summed E-state index contributed by atoms with van der Waals surface area (Å²) in [6.45, 7) is 2.08. The Morgan fingerprint density at radius 2 is 2.05 bits per heavy atom. The molecule has 4 heteroatoms. The molecule has 0 saturated heterocycles. The number of nitrogens with one attached hydrogen (secondary N) is 1. The average molecular weight is 303 g/mol. The van der Waals surface area contributed by atoms with Crippen molar-refractivity contribution in [3.63, 3.8) is 0 Å². The fourth-order valence-corrected chi connectivity index (χ4v) is 3.37. The van der Waals surface area contributed by atoms with Crippen LogP contribution in [0.25, 0.3) is 10.9 Å². The Kier molecular flexibility index (Phi) is 4.11. The maximum absolute atomic E-state index is 12.4. The van der Waals surface area contributed by atoms with Gasteiger partial charge in [0.25, 0.3) is 5.91 Å². The van der Waals surface area contributed by atoms with Crippen LogP contribution in [0.3, 0.4) is 0 Å². The van der Waals surface area contributed by atoms with E-state index < -0.39 is 0 Å². The van der Waals surface area contributed by atoms with E-state index in [-0.39, 0.29) is 11.9 Å². The average Bonchev–Trinajstić information content (AvgIpc) is 3.01. The van der Waals surface area contributed by atoms with Gasteiger partial charge in [-0.2, -0.15) is 0 Å². The molecule has 1 amide bonds. The Bertz CT molecular complexity index is 665. The second-order valence-corrected chi connectivity index (χ2v) is 6.22. The van der Waals surface area contributed by atoms with E-state index in [4.69, 9.17) is 11.6 Å². The van der Waals surface area contributed by atoms with Gasteiger partial charge in [0.05, 0.1) is 10.5 Å². The smallest absolute Gasteiger partial charge is 0.270 e. The van der Waals surface area contributed by atoms with E-state index in [9.17, 15) is 4.79 Å². The molecular formula is C17H19ClN2O. The Morgan fingerprint density at radius 3 is 2.81 bits per heavy atom. The van der Waals surface area contributed by atoms with E-state index in [1.807, 2.05) is 24.3 Å². The Labute approximate surface area is 129 Å². The molecular weight excluding hydrogens is 284 g/mol. The fraction of sp³-hybridized carbons (Fsp3) is 0.412. The quantitative estimate of drug-likeness (QED) is 0.923. The summed E-state index contributed by atoms with van der Waals surface area (Å²) in [6.07, 6.45) is 4.94. The van der Waals surface area contributed by atoms with Gasteiger partial charge in [-0.15, -0.1) is 0 Å². The normalized spacial score (nSPS) is 17.0. The number of fused-ring (bicyclic) bond motifs is 1. The van der Waals surface area contributed by atoms with E-state index >= 15 is 0 Å². The summed E-state index contributed by atoms with van der Waals surface area (Å²) in [5.74, 6) is 0.451. The first-order chi connectivity index (χ1) is 10.1. The molecule has 1 atom stereocenters. The van der Waals surface area contributed by atoms with Crippen LogP contribution in [-0.4, -0.2) is 16.9 Å². The van der Waals surface area contributed by atoms with Gasteiger partial charge in [-0.3, -0.25) is 4.79 Å². The second kappa shape index (κ2) is 6.02. The molecule has 1 N–H and O–H groups in total. The lowest BCUT2D eigenvalue weighted by atomic mass is 10.00. The summed E-state index contributed by atoms with van der Waals surface area (Å²) in [6, 6.07) is 9.44. The van der Waals surface area contributed by atoms with Gasteiger partial charge in [0.2, 0.25) is 0 Å². The zero-order valence-corrected chi connectivity index (χ0v) is 12.9. The van der Waals surface area contributed by atoms with Crippen molar-refractivity contribution in [2.24, 2.45) is 5.92 Å². The number of hydrogen-bond donors (Lipinski definition) is 1. The first kappa shape index (κ1) is 14.3. The molecule has 1 unspecified atom stereocenters. The summed E-state index contributed by atoms with van der Waals surface area (Å²) in [5.41, 5.74) is 1.15. The van der Waals surface area contributed by atoms with E-state index in [1.165, 1.54) is 25.7 Å². The van der Waals surface area contributed by atoms with Gasteiger partial charge < -0.3 is 5.32 Å². The highest BCUT2D eigenvalue weighted by Crippen LogP contribution is 2.28. The summed E-state index contributed by atoms with van der Waals surface area (Å²) in [4.78, 5) is 16.8. The number of nitrogens with zero attached hydrogens (tertiary/aromatic N) is 1. The summed E-state index contributed by atoms with van der Waals surface area (Å²) in [5, 5.41) is 4.51. The molecule has 1 fully saturated rings. The molecule has 1 heterocycles. The summed E-state index contributed by atoms with van der Waals surface area (Å²) < 4.78 is 0. The van der Waals surface area contributed by atoms with Crippen molar-refractivity contribution in [1.82, 2.24) is 10.3 Å². The molecule has 0 aliphatic heterocycles. The lowest BCUT2D eigenvalue weighted by Crippen LogP contribution is -2.37. The number of rotatable bonds is 3. The minimum atomic E-state index is -0.137. The van der Waals surface area contributed by atoms with Gasteiger partial charge >= 0.3 is 0 Å². The van der Waals surface area contributed by atoms with Crippen molar-refractivity contribution < 1.29 is 4.79 Å². The first-order valence-electron chi connectivity index (χ1n) is 7.51. The van der Waals surface area contributed by atoms with Crippen molar-refractivity contribution >= 4 is 28.4 Å². The third kappa shape index (κ3) is 3.03. The minimum absolute atomic E-state index is 0.137. The van der Waals surface area contributed by atoms with Crippen molar-refractivity contribution in [3.05, 3.63) is 41.0 Å². The van der Waals surface area contributed by atoms with Crippen molar-refractivity contribution in [2.75, 3.05) is 0 Å². The Balaban J connectivity index is 1.81. The van der Waals surface area contributed by atoms with Crippen LogP contribution < -0.4 is 5.32 Å². The number of benzene rings is 1. The Morgan fingerprint density at radius 1 is 1.33 bits per heavy atom. The van der Waals surface area contributed by atoms with Crippen molar-refractivity contribution in [3.8, 4) is 0 Å². The number of aromatic nitrogens is 1. The highest BCUT2D eigenvalue weighted by atomic mass is 35.5. The van der Waals surface area contributed by atoms with Crippen LogP contribution >= 0.6 is 11.6 Å².